The Morgan fingerprint density at radius 3 is 2.28 bits per heavy atom. The third-order valence-electron chi connectivity index (χ3n) is 7.26. The van der Waals surface area contributed by atoms with Gasteiger partial charge in [-0.25, -0.2) is 0 Å². The molecule has 3 heteroatoms. The van der Waals surface area contributed by atoms with Gasteiger partial charge in [0.25, 0.3) is 0 Å². The Bertz CT molecular complexity index is 1140. The van der Waals surface area contributed by atoms with E-state index in [1.165, 1.54) is 33.9 Å². The number of nitrogens with one attached hydrogen (secondary N) is 1. The molecule has 0 unspecified atom stereocenters. The average molecular weight is 427 g/mol. The first-order valence-electron chi connectivity index (χ1n) is 11.8. The lowest BCUT2D eigenvalue weighted by molar-refractivity contribution is -0.434. The summed E-state index contributed by atoms with van der Waals surface area (Å²) in [4.78, 5) is 2.40. The van der Waals surface area contributed by atoms with Crippen molar-refractivity contribution in [3.8, 4) is 0 Å². The zero-order valence-corrected chi connectivity index (χ0v) is 20.4. The molecule has 1 N–H and O–H groups in total. The fraction of sp³-hybridized carbons (Fsp3) is 0.379. The summed E-state index contributed by atoms with van der Waals surface area (Å²) in [5.74, 6) is 0. The highest BCUT2D eigenvalue weighted by Crippen LogP contribution is 2.47. The van der Waals surface area contributed by atoms with E-state index < -0.39 is 0 Å². The zero-order chi connectivity index (χ0) is 23.1. The number of hydrogen-bond acceptors (Lipinski definition) is 2. The van der Waals surface area contributed by atoms with Crippen LogP contribution < -0.4 is 4.90 Å². The van der Waals surface area contributed by atoms with Gasteiger partial charge in [0.05, 0.1) is 11.8 Å². The molecule has 0 radical (unpaired) electrons. The second-order valence-corrected chi connectivity index (χ2v) is 9.83. The van der Waals surface area contributed by atoms with Crippen LogP contribution in [0.15, 0.2) is 72.5 Å². The Balaban J connectivity index is 1.58. The highest BCUT2D eigenvalue weighted by atomic mass is 15.2. The number of rotatable bonds is 6. The van der Waals surface area contributed by atoms with Crippen LogP contribution in [0.25, 0.3) is 0 Å². The number of para-hydroxylation sites is 2. The van der Waals surface area contributed by atoms with Crippen molar-refractivity contribution in [1.29, 1.82) is 5.41 Å². The number of benzene rings is 2. The monoisotopic (exact) mass is 426 g/mol. The maximum Gasteiger partial charge on any atom is 0.209 e. The lowest BCUT2D eigenvalue weighted by Crippen LogP contribution is -2.31. The van der Waals surface area contributed by atoms with Crippen molar-refractivity contribution in [3.05, 3.63) is 83.6 Å². The van der Waals surface area contributed by atoms with E-state index in [0.29, 0.717) is 12.1 Å². The SMILES string of the molecule is CCN1/C(=C/C=C/C(=N)CC2=[N+](CC)c3ccccc3C2(C)C)C(C)(C)c2ccccc21. The van der Waals surface area contributed by atoms with Crippen LogP contribution in [0, 0.1) is 5.41 Å². The van der Waals surface area contributed by atoms with Gasteiger partial charge in [0.2, 0.25) is 5.69 Å². The average Bonchev–Trinajstić information content (AvgIpc) is 3.13. The molecule has 2 aliphatic rings. The summed E-state index contributed by atoms with van der Waals surface area (Å²) in [5.41, 5.74) is 8.48. The van der Waals surface area contributed by atoms with Crippen molar-refractivity contribution in [2.75, 3.05) is 18.0 Å². The van der Waals surface area contributed by atoms with Crippen LogP contribution in [0.1, 0.15) is 59.1 Å². The molecule has 0 aliphatic carbocycles. The van der Waals surface area contributed by atoms with Gasteiger partial charge >= 0.3 is 0 Å². The standard InChI is InChI=1S/C29H36N3/c1-7-31-24-17-11-9-15-22(24)28(3,4)26(31)19-13-14-21(30)20-27-29(5,6)23-16-10-12-18-25(23)32(27)8-2/h9-19,30H,7-8,20H2,1-6H3/q+1/b14-13+,26-19+,30-21?. The molecule has 0 saturated carbocycles. The Morgan fingerprint density at radius 1 is 0.938 bits per heavy atom. The number of nitrogens with zero attached hydrogens (tertiary/aromatic N) is 2. The summed E-state index contributed by atoms with van der Waals surface area (Å²) in [7, 11) is 0. The highest BCUT2D eigenvalue weighted by Gasteiger charge is 2.44. The van der Waals surface area contributed by atoms with Gasteiger partial charge in [-0.15, -0.1) is 0 Å². The van der Waals surface area contributed by atoms with Crippen molar-refractivity contribution < 1.29 is 4.58 Å². The van der Waals surface area contributed by atoms with E-state index >= 15 is 0 Å². The molecule has 0 saturated heterocycles. The smallest absolute Gasteiger partial charge is 0.209 e. The van der Waals surface area contributed by atoms with Crippen LogP contribution >= 0.6 is 0 Å². The molecule has 2 aliphatic heterocycles. The molecule has 0 aromatic heterocycles. The van der Waals surface area contributed by atoms with E-state index in [1.807, 2.05) is 6.08 Å². The number of likely N-dealkylation sites (N-methyl/N-ethyl adjacent to an activating group) is 1. The van der Waals surface area contributed by atoms with E-state index in [0.717, 1.165) is 13.1 Å². The van der Waals surface area contributed by atoms with Crippen LogP contribution in [0.5, 0.6) is 0 Å². The molecule has 0 bridgehead atoms. The van der Waals surface area contributed by atoms with Gasteiger partial charge in [-0.2, -0.15) is 4.58 Å². The predicted octanol–water partition coefficient (Wildman–Crippen LogP) is 6.75. The molecular weight excluding hydrogens is 390 g/mol. The third kappa shape index (κ3) is 3.44. The second-order valence-electron chi connectivity index (χ2n) is 9.83. The number of hydrogen-bond donors (Lipinski definition) is 1. The van der Waals surface area contributed by atoms with Crippen LogP contribution in [0.3, 0.4) is 0 Å². The van der Waals surface area contributed by atoms with Gasteiger partial charge in [-0.3, -0.25) is 0 Å². The second kappa shape index (κ2) is 8.20. The van der Waals surface area contributed by atoms with Crippen molar-refractivity contribution in [1.82, 2.24) is 0 Å². The first-order valence-corrected chi connectivity index (χ1v) is 11.8. The minimum absolute atomic E-state index is 0.0397. The fourth-order valence-electron chi connectivity index (χ4n) is 5.53. The summed E-state index contributed by atoms with van der Waals surface area (Å²) in [6.07, 6.45) is 6.91. The summed E-state index contributed by atoms with van der Waals surface area (Å²) >= 11 is 0. The zero-order valence-electron chi connectivity index (χ0n) is 20.4. The fourth-order valence-corrected chi connectivity index (χ4v) is 5.53. The van der Waals surface area contributed by atoms with Gasteiger partial charge in [0.15, 0.2) is 5.71 Å². The number of anilines is 1. The van der Waals surface area contributed by atoms with Gasteiger partial charge in [0, 0.05) is 40.7 Å². The predicted molar refractivity (Wildman–Crippen MR) is 137 cm³/mol. The van der Waals surface area contributed by atoms with E-state index in [9.17, 15) is 0 Å². The molecule has 0 amide bonds. The minimum atomic E-state index is -0.0562. The largest absolute Gasteiger partial charge is 0.344 e. The molecule has 3 nitrogen and oxygen atoms in total. The van der Waals surface area contributed by atoms with Crippen LogP contribution in [0.4, 0.5) is 11.4 Å². The van der Waals surface area contributed by atoms with Gasteiger partial charge in [0.1, 0.15) is 6.54 Å². The van der Waals surface area contributed by atoms with Crippen molar-refractivity contribution in [3.63, 3.8) is 0 Å². The van der Waals surface area contributed by atoms with Crippen molar-refractivity contribution in [2.45, 2.75) is 58.8 Å². The maximum atomic E-state index is 8.72. The molecule has 4 rings (SSSR count). The molecule has 2 aromatic rings. The molecule has 166 valence electrons. The molecule has 2 heterocycles. The Kier molecular flexibility index (Phi) is 5.70. The molecule has 0 fully saturated rings. The van der Waals surface area contributed by atoms with Crippen LogP contribution in [0.2, 0.25) is 0 Å². The summed E-state index contributed by atoms with van der Waals surface area (Å²) < 4.78 is 2.39. The van der Waals surface area contributed by atoms with Gasteiger partial charge in [-0.1, -0.05) is 56.3 Å². The van der Waals surface area contributed by atoms with Crippen molar-refractivity contribution >= 4 is 22.8 Å². The van der Waals surface area contributed by atoms with Gasteiger partial charge in [-0.05, 0) is 51.5 Å². The summed E-state index contributed by atoms with van der Waals surface area (Å²) in [6.45, 7) is 15.4. The maximum absolute atomic E-state index is 8.72. The number of fused-ring (bicyclic) bond motifs is 2. The Morgan fingerprint density at radius 2 is 1.59 bits per heavy atom. The minimum Gasteiger partial charge on any atom is -0.344 e. The Labute approximate surface area is 193 Å². The van der Waals surface area contributed by atoms with E-state index in [1.54, 1.807) is 0 Å². The first-order chi connectivity index (χ1) is 15.2. The van der Waals surface area contributed by atoms with Gasteiger partial charge < -0.3 is 10.3 Å². The molecule has 2 aromatic carbocycles. The summed E-state index contributed by atoms with van der Waals surface area (Å²) in [6, 6.07) is 17.4. The third-order valence-corrected chi connectivity index (χ3v) is 7.26. The number of allylic oxidation sites excluding steroid dienone is 4. The lowest BCUT2D eigenvalue weighted by Gasteiger charge is -2.25. The molecule has 0 spiro atoms. The lowest BCUT2D eigenvalue weighted by atomic mass is 9.80. The molecule has 32 heavy (non-hydrogen) atoms. The topological polar surface area (TPSA) is 30.1 Å². The normalized spacial score (nSPS) is 19.7. The first kappa shape index (κ1) is 22.3. The van der Waals surface area contributed by atoms with Crippen LogP contribution in [-0.2, 0) is 10.8 Å². The molecular formula is C29H36N3+. The highest BCUT2D eigenvalue weighted by molar-refractivity contribution is 6.11. The van der Waals surface area contributed by atoms with Crippen molar-refractivity contribution in [2.24, 2.45) is 0 Å². The van der Waals surface area contributed by atoms with Crippen LogP contribution in [-0.4, -0.2) is 29.1 Å². The Hall–Kier alpha value is -2.94. The summed E-state index contributed by atoms with van der Waals surface area (Å²) in [5, 5.41) is 8.72. The quantitative estimate of drug-likeness (QED) is 0.402. The van der Waals surface area contributed by atoms with E-state index in [2.05, 4.69) is 112 Å². The molecule has 0 atom stereocenters. The van der Waals surface area contributed by atoms with E-state index in [4.69, 9.17) is 5.41 Å². The van der Waals surface area contributed by atoms with E-state index in [-0.39, 0.29) is 10.8 Å².